The van der Waals surface area contributed by atoms with Gasteiger partial charge >= 0.3 is 0 Å². The van der Waals surface area contributed by atoms with Crippen molar-refractivity contribution in [3.63, 3.8) is 0 Å². The monoisotopic (exact) mass is 322 g/mol. The van der Waals surface area contributed by atoms with E-state index in [1.54, 1.807) is 7.11 Å². The zero-order chi connectivity index (χ0) is 16.1. The number of ether oxygens (including phenoxy) is 1. The van der Waals surface area contributed by atoms with E-state index in [0.29, 0.717) is 5.41 Å². The molecule has 5 nitrogen and oxygen atoms in total. The predicted molar refractivity (Wildman–Crippen MR) is 94.8 cm³/mol. The van der Waals surface area contributed by atoms with E-state index in [2.05, 4.69) is 20.5 Å². The molecule has 3 fully saturated rings. The SMILES string of the molecule is CN=C(NCC1CCN(C2CC2)C1)NCC1(CCOC)CCC1. The molecule has 23 heavy (non-hydrogen) atoms. The Morgan fingerprint density at radius 1 is 1.26 bits per heavy atom. The van der Waals surface area contributed by atoms with Gasteiger partial charge in [-0.15, -0.1) is 0 Å². The molecule has 1 aliphatic heterocycles. The molecule has 0 aromatic heterocycles. The van der Waals surface area contributed by atoms with Crippen LogP contribution in [0.5, 0.6) is 0 Å². The topological polar surface area (TPSA) is 48.9 Å². The fourth-order valence-electron chi connectivity index (χ4n) is 4.04. The summed E-state index contributed by atoms with van der Waals surface area (Å²) < 4.78 is 5.28. The third-order valence-electron chi connectivity index (χ3n) is 6.04. The van der Waals surface area contributed by atoms with E-state index in [1.165, 1.54) is 51.6 Å². The van der Waals surface area contributed by atoms with Crippen LogP contribution in [-0.2, 0) is 4.74 Å². The van der Waals surface area contributed by atoms with Gasteiger partial charge in [0.1, 0.15) is 0 Å². The van der Waals surface area contributed by atoms with Crippen LogP contribution >= 0.6 is 0 Å². The minimum Gasteiger partial charge on any atom is -0.385 e. The van der Waals surface area contributed by atoms with Crippen molar-refractivity contribution >= 4 is 5.96 Å². The van der Waals surface area contributed by atoms with Crippen molar-refractivity contribution in [3.8, 4) is 0 Å². The molecule has 2 aliphatic carbocycles. The molecule has 1 unspecified atom stereocenters. The molecule has 2 N–H and O–H groups in total. The highest BCUT2D eigenvalue weighted by molar-refractivity contribution is 5.79. The summed E-state index contributed by atoms with van der Waals surface area (Å²) in [6.07, 6.45) is 9.33. The molecular formula is C18H34N4O. The lowest BCUT2D eigenvalue weighted by Crippen LogP contribution is -2.47. The Morgan fingerprint density at radius 2 is 2.09 bits per heavy atom. The van der Waals surface area contributed by atoms with E-state index in [1.807, 2.05) is 7.05 Å². The maximum absolute atomic E-state index is 5.28. The number of aliphatic imine (C=N–C) groups is 1. The fourth-order valence-corrected chi connectivity index (χ4v) is 4.04. The Hall–Kier alpha value is -0.810. The van der Waals surface area contributed by atoms with Crippen LogP contribution in [0.3, 0.4) is 0 Å². The maximum Gasteiger partial charge on any atom is 0.191 e. The first-order chi connectivity index (χ1) is 11.2. The van der Waals surface area contributed by atoms with Crippen molar-refractivity contribution in [1.29, 1.82) is 0 Å². The van der Waals surface area contributed by atoms with Gasteiger partial charge in [0.05, 0.1) is 0 Å². The summed E-state index contributed by atoms with van der Waals surface area (Å²) in [5.74, 6) is 1.75. The van der Waals surface area contributed by atoms with Crippen LogP contribution in [0.15, 0.2) is 4.99 Å². The first kappa shape index (κ1) is 17.0. The average molecular weight is 322 g/mol. The van der Waals surface area contributed by atoms with Crippen LogP contribution in [0, 0.1) is 11.3 Å². The molecule has 0 aromatic rings. The summed E-state index contributed by atoms with van der Waals surface area (Å²) in [6.45, 7) is 5.51. The first-order valence-electron chi connectivity index (χ1n) is 9.42. The quantitative estimate of drug-likeness (QED) is 0.529. The summed E-state index contributed by atoms with van der Waals surface area (Å²) in [5, 5.41) is 7.11. The van der Waals surface area contributed by atoms with E-state index in [-0.39, 0.29) is 0 Å². The molecule has 0 spiro atoms. The molecule has 0 radical (unpaired) electrons. The predicted octanol–water partition coefficient (Wildman–Crippen LogP) is 1.84. The van der Waals surface area contributed by atoms with Gasteiger partial charge in [0.15, 0.2) is 5.96 Å². The second-order valence-corrected chi connectivity index (χ2v) is 7.78. The highest BCUT2D eigenvalue weighted by Crippen LogP contribution is 2.43. The number of rotatable bonds is 8. The van der Waals surface area contributed by atoms with Crippen LogP contribution in [0.4, 0.5) is 0 Å². The van der Waals surface area contributed by atoms with Gasteiger partial charge in [0.2, 0.25) is 0 Å². The molecule has 3 rings (SSSR count). The Kier molecular flexibility index (Phi) is 5.81. The van der Waals surface area contributed by atoms with Crippen molar-refractivity contribution in [3.05, 3.63) is 0 Å². The lowest BCUT2D eigenvalue weighted by molar-refractivity contribution is 0.0732. The van der Waals surface area contributed by atoms with Crippen molar-refractivity contribution in [2.24, 2.45) is 16.3 Å². The molecule has 1 atom stereocenters. The molecular weight excluding hydrogens is 288 g/mol. The van der Waals surface area contributed by atoms with Crippen LogP contribution in [0.2, 0.25) is 0 Å². The van der Waals surface area contributed by atoms with Crippen LogP contribution in [0.25, 0.3) is 0 Å². The van der Waals surface area contributed by atoms with E-state index >= 15 is 0 Å². The second-order valence-electron chi connectivity index (χ2n) is 7.78. The third-order valence-corrected chi connectivity index (χ3v) is 6.04. The van der Waals surface area contributed by atoms with Crippen LogP contribution in [0.1, 0.15) is 44.9 Å². The zero-order valence-corrected chi connectivity index (χ0v) is 14.9. The molecule has 0 amide bonds. The van der Waals surface area contributed by atoms with Gasteiger partial charge in [-0.2, -0.15) is 0 Å². The Labute approximate surface area is 141 Å². The van der Waals surface area contributed by atoms with Gasteiger partial charge in [-0.25, -0.2) is 0 Å². The highest BCUT2D eigenvalue weighted by atomic mass is 16.5. The molecule has 5 heteroatoms. The van der Waals surface area contributed by atoms with Gasteiger partial charge in [0.25, 0.3) is 0 Å². The van der Waals surface area contributed by atoms with Crippen molar-refractivity contribution in [1.82, 2.24) is 15.5 Å². The number of likely N-dealkylation sites (tertiary alicyclic amines) is 1. The lowest BCUT2D eigenvalue weighted by atomic mass is 9.67. The minimum absolute atomic E-state index is 0.434. The zero-order valence-electron chi connectivity index (χ0n) is 14.9. The van der Waals surface area contributed by atoms with Crippen molar-refractivity contribution < 1.29 is 4.74 Å². The van der Waals surface area contributed by atoms with Gasteiger partial charge in [-0.1, -0.05) is 6.42 Å². The molecule has 1 heterocycles. The summed E-state index contributed by atoms with van der Waals surface area (Å²) in [4.78, 5) is 7.08. The van der Waals surface area contributed by atoms with Crippen LogP contribution in [-0.4, -0.2) is 63.8 Å². The number of hydrogen-bond donors (Lipinski definition) is 2. The number of nitrogens with one attached hydrogen (secondary N) is 2. The first-order valence-corrected chi connectivity index (χ1v) is 9.42. The van der Waals surface area contributed by atoms with Gasteiger partial charge in [-0.05, 0) is 56.4 Å². The minimum atomic E-state index is 0.434. The molecule has 2 saturated carbocycles. The van der Waals surface area contributed by atoms with E-state index < -0.39 is 0 Å². The Balaban J connectivity index is 1.36. The largest absolute Gasteiger partial charge is 0.385 e. The lowest BCUT2D eigenvalue weighted by Gasteiger charge is -2.42. The third kappa shape index (κ3) is 4.60. The van der Waals surface area contributed by atoms with E-state index in [9.17, 15) is 0 Å². The summed E-state index contributed by atoms with van der Waals surface area (Å²) >= 11 is 0. The Morgan fingerprint density at radius 3 is 2.70 bits per heavy atom. The van der Waals surface area contributed by atoms with Crippen LogP contribution < -0.4 is 10.6 Å². The summed E-state index contributed by atoms with van der Waals surface area (Å²) in [6, 6.07) is 0.914. The molecule has 0 aromatic carbocycles. The second kappa shape index (κ2) is 7.84. The number of methoxy groups -OCH3 is 1. The van der Waals surface area contributed by atoms with E-state index in [0.717, 1.165) is 44.0 Å². The summed E-state index contributed by atoms with van der Waals surface area (Å²) in [5.41, 5.74) is 0.434. The molecule has 3 aliphatic rings. The molecule has 1 saturated heterocycles. The number of hydrogen-bond acceptors (Lipinski definition) is 3. The van der Waals surface area contributed by atoms with Crippen molar-refractivity contribution in [2.75, 3.05) is 46.9 Å². The molecule has 0 bridgehead atoms. The van der Waals surface area contributed by atoms with Gasteiger partial charge in [0, 0.05) is 46.4 Å². The highest BCUT2D eigenvalue weighted by Gasteiger charge is 2.37. The van der Waals surface area contributed by atoms with E-state index in [4.69, 9.17) is 4.74 Å². The smallest absolute Gasteiger partial charge is 0.191 e. The number of nitrogens with zero attached hydrogens (tertiary/aromatic N) is 2. The Bertz CT molecular complexity index is 404. The average Bonchev–Trinajstić information content (AvgIpc) is 3.28. The fraction of sp³-hybridized carbons (Fsp3) is 0.944. The summed E-state index contributed by atoms with van der Waals surface area (Å²) in [7, 11) is 3.68. The molecule has 132 valence electrons. The van der Waals surface area contributed by atoms with Gasteiger partial charge in [-0.3, -0.25) is 4.99 Å². The maximum atomic E-state index is 5.28. The standard InChI is InChI=1S/C18H34N4O/c1-19-17(21-14-18(7-3-8-18)9-11-23-2)20-12-15-6-10-22(13-15)16-4-5-16/h15-16H,3-14H2,1-2H3,(H2,19,20,21). The normalized spacial score (nSPS) is 27.7. The number of guanidine groups is 1. The van der Waals surface area contributed by atoms with Gasteiger partial charge < -0.3 is 20.3 Å². The van der Waals surface area contributed by atoms with Crippen molar-refractivity contribution in [2.45, 2.75) is 51.0 Å².